The molecule has 2 amide bonds. The number of nitrogens with zero attached hydrogens (tertiary/aromatic N) is 1. The summed E-state index contributed by atoms with van der Waals surface area (Å²) >= 11 is 0. The van der Waals surface area contributed by atoms with Crippen molar-refractivity contribution in [1.82, 2.24) is 15.5 Å². The Hall–Kier alpha value is -1.63. The van der Waals surface area contributed by atoms with Gasteiger partial charge in [-0.2, -0.15) is 0 Å². The molecule has 0 radical (unpaired) electrons. The number of hydrogen-bond acceptors (Lipinski definition) is 4. The number of carboxylic acid groups (broad SMARTS) is 1. The van der Waals surface area contributed by atoms with E-state index in [1.165, 1.54) is 0 Å². The van der Waals surface area contributed by atoms with Gasteiger partial charge in [0.15, 0.2) is 0 Å². The Bertz CT molecular complexity index is 376. The monoisotopic (exact) mass is 299 g/mol. The second kappa shape index (κ2) is 8.61. The summed E-state index contributed by atoms with van der Waals surface area (Å²) in [5.41, 5.74) is 0. The Morgan fingerprint density at radius 3 is 2.33 bits per heavy atom. The van der Waals surface area contributed by atoms with Crippen molar-refractivity contribution in [3.8, 4) is 0 Å². The zero-order valence-corrected chi connectivity index (χ0v) is 12.7. The molecule has 0 aliphatic carbocycles. The molecule has 0 aromatic carbocycles. The van der Waals surface area contributed by atoms with Crippen LogP contribution in [0.4, 0.5) is 0 Å². The van der Waals surface area contributed by atoms with E-state index < -0.39 is 5.97 Å². The third-order valence-corrected chi connectivity index (χ3v) is 3.47. The molecule has 21 heavy (non-hydrogen) atoms. The molecule has 120 valence electrons. The Kier molecular flexibility index (Phi) is 7.14. The molecule has 7 heteroatoms. The molecule has 0 aromatic rings. The van der Waals surface area contributed by atoms with Gasteiger partial charge < -0.3 is 15.3 Å². The van der Waals surface area contributed by atoms with Gasteiger partial charge in [0.2, 0.25) is 11.8 Å². The number of aliphatic carboxylic acids is 1. The molecule has 7 nitrogen and oxygen atoms in total. The number of hydrogen-bond donors (Lipinski definition) is 3. The van der Waals surface area contributed by atoms with Crippen molar-refractivity contribution in [2.45, 2.75) is 26.7 Å². The lowest BCUT2D eigenvalue weighted by Gasteiger charge is -2.30. The summed E-state index contributed by atoms with van der Waals surface area (Å²) in [5, 5.41) is 14.5. The average molecular weight is 299 g/mol. The minimum absolute atomic E-state index is 0.0875. The smallest absolute Gasteiger partial charge is 0.306 e. The fraction of sp³-hybridized carbons (Fsp3) is 0.786. The number of nitrogens with one attached hydrogen (secondary N) is 2. The fourth-order valence-electron chi connectivity index (χ4n) is 2.15. The first kappa shape index (κ1) is 17.4. The number of piperidine rings is 1. The van der Waals surface area contributed by atoms with Gasteiger partial charge in [0, 0.05) is 19.6 Å². The molecule has 0 bridgehead atoms. The molecule has 0 aromatic heterocycles. The van der Waals surface area contributed by atoms with Gasteiger partial charge in [-0.15, -0.1) is 0 Å². The van der Waals surface area contributed by atoms with Crippen LogP contribution < -0.4 is 10.6 Å². The molecule has 1 heterocycles. The highest BCUT2D eigenvalue weighted by molar-refractivity contribution is 5.81. The average Bonchev–Trinajstić information content (AvgIpc) is 2.45. The van der Waals surface area contributed by atoms with Gasteiger partial charge in [-0.05, 0) is 18.8 Å². The van der Waals surface area contributed by atoms with E-state index in [4.69, 9.17) is 5.11 Å². The molecule has 1 rings (SSSR count). The lowest BCUT2D eigenvalue weighted by molar-refractivity contribution is -0.145. The third kappa shape index (κ3) is 6.57. The maximum atomic E-state index is 11.9. The topological polar surface area (TPSA) is 98.7 Å². The molecule has 0 saturated carbocycles. The predicted molar refractivity (Wildman–Crippen MR) is 77.7 cm³/mol. The van der Waals surface area contributed by atoms with E-state index in [9.17, 15) is 14.4 Å². The van der Waals surface area contributed by atoms with Crippen LogP contribution in [0.1, 0.15) is 26.7 Å². The van der Waals surface area contributed by atoms with Crippen LogP contribution >= 0.6 is 0 Å². The van der Waals surface area contributed by atoms with E-state index in [0.29, 0.717) is 38.4 Å². The second-order valence-electron chi connectivity index (χ2n) is 5.79. The zero-order chi connectivity index (χ0) is 15.8. The molecule has 1 aliphatic rings. The summed E-state index contributed by atoms with van der Waals surface area (Å²) in [6.07, 6.45) is 0.992. The first-order valence-corrected chi connectivity index (χ1v) is 7.38. The second-order valence-corrected chi connectivity index (χ2v) is 5.79. The van der Waals surface area contributed by atoms with E-state index >= 15 is 0 Å². The lowest BCUT2D eigenvalue weighted by atomic mass is 9.97. The van der Waals surface area contributed by atoms with Crippen molar-refractivity contribution in [3.63, 3.8) is 0 Å². The van der Waals surface area contributed by atoms with Gasteiger partial charge in [0.1, 0.15) is 0 Å². The Labute approximate surface area is 125 Å². The summed E-state index contributed by atoms with van der Waals surface area (Å²) in [4.78, 5) is 35.8. The van der Waals surface area contributed by atoms with E-state index in [0.717, 1.165) is 0 Å². The van der Waals surface area contributed by atoms with Crippen molar-refractivity contribution < 1.29 is 19.5 Å². The minimum atomic E-state index is -0.790. The number of rotatable bonds is 7. The van der Waals surface area contributed by atoms with Crippen LogP contribution in [0, 0.1) is 11.8 Å². The van der Waals surface area contributed by atoms with Gasteiger partial charge in [0.05, 0.1) is 19.0 Å². The van der Waals surface area contributed by atoms with Crippen molar-refractivity contribution in [3.05, 3.63) is 0 Å². The van der Waals surface area contributed by atoms with Crippen LogP contribution in [0.5, 0.6) is 0 Å². The maximum absolute atomic E-state index is 11.9. The van der Waals surface area contributed by atoms with Crippen molar-refractivity contribution in [2.24, 2.45) is 11.8 Å². The van der Waals surface area contributed by atoms with Gasteiger partial charge in [0.25, 0.3) is 0 Å². The van der Waals surface area contributed by atoms with E-state index in [2.05, 4.69) is 10.6 Å². The molecular weight excluding hydrogens is 274 g/mol. The number of carbonyl (C=O) groups is 3. The predicted octanol–water partition coefficient (Wildman–Crippen LogP) is -0.329. The zero-order valence-electron chi connectivity index (χ0n) is 12.7. The summed E-state index contributed by atoms with van der Waals surface area (Å²) in [6, 6.07) is 0. The van der Waals surface area contributed by atoms with Crippen LogP contribution in [0.25, 0.3) is 0 Å². The van der Waals surface area contributed by atoms with Crippen LogP contribution in [-0.4, -0.2) is 60.5 Å². The summed E-state index contributed by atoms with van der Waals surface area (Å²) < 4.78 is 0. The van der Waals surface area contributed by atoms with Crippen LogP contribution in [0.15, 0.2) is 0 Å². The van der Waals surface area contributed by atoms with Crippen LogP contribution in [-0.2, 0) is 14.4 Å². The first-order valence-electron chi connectivity index (χ1n) is 7.38. The van der Waals surface area contributed by atoms with Gasteiger partial charge in [-0.1, -0.05) is 13.8 Å². The molecule has 0 atom stereocenters. The van der Waals surface area contributed by atoms with E-state index in [-0.39, 0.29) is 30.8 Å². The molecule has 1 fully saturated rings. The Morgan fingerprint density at radius 2 is 1.81 bits per heavy atom. The Morgan fingerprint density at radius 1 is 1.19 bits per heavy atom. The molecule has 0 unspecified atom stereocenters. The fourth-order valence-corrected chi connectivity index (χ4v) is 2.15. The van der Waals surface area contributed by atoms with Crippen LogP contribution in [0.2, 0.25) is 0 Å². The number of amides is 2. The SMILES string of the molecule is CC(C)CNC(=O)CNCC(=O)N1CCC(C(=O)O)CC1. The van der Waals surface area contributed by atoms with Gasteiger partial charge >= 0.3 is 5.97 Å². The highest BCUT2D eigenvalue weighted by Gasteiger charge is 2.26. The number of carbonyl (C=O) groups excluding carboxylic acids is 2. The van der Waals surface area contributed by atoms with Crippen LogP contribution in [0.3, 0.4) is 0 Å². The normalized spacial score (nSPS) is 16.0. The molecular formula is C14H25N3O4. The van der Waals surface area contributed by atoms with E-state index in [1.807, 2.05) is 13.8 Å². The van der Waals surface area contributed by atoms with Gasteiger partial charge in [-0.3, -0.25) is 19.7 Å². The van der Waals surface area contributed by atoms with Crippen molar-refractivity contribution in [2.75, 3.05) is 32.7 Å². The largest absolute Gasteiger partial charge is 0.481 e. The summed E-state index contributed by atoms with van der Waals surface area (Å²) in [5.74, 6) is -0.950. The minimum Gasteiger partial charge on any atom is -0.481 e. The standard InChI is InChI=1S/C14H25N3O4/c1-10(2)7-16-12(18)8-15-9-13(19)17-5-3-11(4-6-17)14(20)21/h10-11,15H,3-9H2,1-2H3,(H,16,18)(H,20,21). The van der Waals surface area contributed by atoms with Gasteiger partial charge in [-0.25, -0.2) is 0 Å². The maximum Gasteiger partial charge on any atom is 0.306 e. The van der Waals surface area contributed by atoms with E-state index in [1.54, 1.807) is 4.90 Å². The molecule has 1 aliphatic heterocycles. The quantitative estimate of drug-likeness (QED) is 0.598. The first-order chi connectivity index (χ1) is 9.90. The summed E-state index contributed by atoms with van der Waals surface area (Å²) in [6.45, 7) is 5.80. The number of carboxylic acids is 1. The third-order valence-electron chi connectivity index (χ3n) is 3.47. The highest BCUT2D eigenvalue weighted by Crippen LogP contribution is 2.16. The number of likely N-dealkylation sites (tertiary alicyclic amines) is 1. The van der Waals surface area contributed by atoms with Crippen molar-refractivity contribution >= 4 is 17.8 Å². The molecule has 0 spiro atoms. The summed E-state index contributed by atoms with van der Waals surface area (Å²) in [7, 11) is 0. The lowest BCUT2D eigenvalue weighted by Crippen LogP contribution is -2.45. The molecule has 1 saturated heterocycles. The molecule has 3 N–H and O–H groups in total. The Balaban J connectivity index is 2.17. The van der Waals surface area contributed by atoms with Crippen molar-refractivity contribution in [1.29, 1.82) is 0 Å². The highest BCUT2D eigenvalue weighted by atomic mass is 16.4.